The number of benzene rings is 1. The van der Waals surface area contributed by atoms with E-state index in [1.165, 1.54) is 5.56 Å². The molecule has 1 unspecified atom stereocenters. The number of halogens is 2. The Hall–Kier alpha value is -0.880. The van der Waals surface area contributed by atoms with E-state index in [2.05, 4.69) is 39.4 Å². The predicted molar refractivity (Wildman–Crippen MR) is 85.6 cm³/mol. The molecule has 2 aromatic rings. The van der Waals surface area contributed by atoms with Crippen molar-refractivity contribution in [3.05, 3.63) is 50.2 Å². The summed E-state index contributed by atoms with van der Waals surface area (Å²) in [6.45, 7) is 3.97. The van der Waals surface area contributed by atoms with Crippen LogP contribution in [0.25, 0.3) is 0 Å². The van der Waals surface area contributed by atoms with Crippen molar-refractivity contribution >= 4 is 27.5 Å². The van der Waals surface area contributed by atoms with Crippen molar-refractivity contribution in [1.82, 2.24) is 15.2 Å². The molecule has 2 rings (SSSR count). The van der Waals surface area contributed by atoms with Gasteiger partial charge in [0.1, 0.15) is 0 Å². The Morgan fingerprint density at radius 1 is 1.45 bits per heavy atom. The van der Waals surface area contributed by atoms with Gasteiger partial charge in [-0.15, -0.1) is 0 Å². The third-order valence-electron chi connectivity index (χ3n) is 3.55. The molecule has 0 radical (unpaired) electrons. The minimum Gasteiger partial charge on any atom is -0.271 e. The summed E-state index contributed by atoms with van der Waals surface area (Å²) in [5.74, 6) is 5.74. The number of rotatable bonds is 4. The Morgan fingerprint density at radius 2 is 2.15 bits per heavy atom. The van der Waals surface area contributed by atoms with Gasteiger partial charge in [0.05, 0.1) is 22.5 Å². The molecule has 3 N–H and O–H groups in total. The van der Waals surface area contributed by atoms with Crippen molar-refractivity contribution < 1.29 is 0 Å². The van der Waals surface area contributed by atoms with Gasteiger partial charge < -0.3 is 0 Å². The average Bonchev–Trinajstić information content (AvgIpc) is 2.65. The standard InChI is InChI=1S/C14H18BrClN4/c1-8-10(5-4-6-11(8)15)12(18-17)7-13-14(16)9(2)19-20(13)3/h4-6,12,18H,7,17H2,1-3H3. The average molecular weight is 358 g/mol. The van der Waals surface area contributed by atoms with Crippen LogP contribution in [0.3, 0.4) is 0 Å². The molecular weight excluding hydrogens is 340 g/mol. The van der Waals surface area contributed by atoms with Crippen molar-refractivity contribution in [2.45, 2.75) is 26.3 Å². The summed E-state index contributed by atoms with van der Waals surface area (Å²) in [5.41, 5.74) is 7.02. The van der Waals surface area contributed by atoms with Crippen LogP contribution < -0.4 is 11.3 Å². The topological polar surface area (TPSA) is 55.9 Å². The molecule has 0 amide bonds. The fourth-order valence-corrected chi connectivity index (χ4v) is 2.97. The van der Waals surface area contributed by atoms with E-state index in [-0.39, 0.29) is 6.04 Å². The number of hydrogen-bond acceptors (Lipinski definition) is 3. The quantitative estimate of drug-likeness (QED) is 0.652. The molecule has 1 atom stereocenters. The molecule has 0 saturated carbocycles. The van der Waals surface area contributed by atoms with E-state index >= 15 is 0 Å². The summed E-state index contributed by atoms with van der Waals surface area (Å²) in [7, 11) is 1.90. The molecule has 0 aliphatic heterocycles. The lowest BCUT2D eigenvalue weighted by molar-refractivity contribution is 0.527. The summed E-state index contributed by atoms with van der Waals surface area (Å²) < 4.78 is 2.89. The number of hydrazine groups is 1. The van der Waals surface area contributed by atoms with Crippen LogP contribution in [-0.2, 0) is 13.5 Å². The van der Waals surface area contributed by atoms with E-state index in [0.717, 1.165) is 21.4 Å². The van der Waals surface area contributed by atoms with Crippen molar-refractivity contribution in [3.8, 4) is 0 Å². The molecule has 108 valence electrons. The first-order valence-electron chi connectivity index (χ1n) is 6.34. The van der Waals surface area contributed by atoms with Crippen molar-refractivity contribution in [1.29, 1.82) is 0 Å². The van der Waals surface area contributed by atoms with E-state index < -0.39 is 0 Å². The SMILES string of the molecule is Cc1nn(C)c(CC(NN)c2cccc(Br)c2C)c1Cl. The third-order valence-corrected chi connectivity index (χ3v) is 4.90. The maximum atomic E-state index is 6.31. The number of nitrogens with one attached hydrogen (secondary N) is 1. The molecule has 0 spiro atoms. The number of nitrogens with two attached hydrogens (primary N) is 1. The monoisotopic (exact) mass is 356 g/mol. The largest absolute Gasteiger partial charge is 0.271 e. The van der Waals surface area contributed by atoms with Crippen LogP contribution in [0.15, 0.2) is 22.7 Å². The molecule has 0 aliphatic rings. The van der Waals surface area contributed by atoms with Gasteiger partial charge >= 0.3 is 0 Å². The second kappa shape index (κ2) is 6.26. The van der Waals surface area contributed by atoms with E-state index in [4.69, 9.17) is 17.4 Å². The van der Waals surface area contributed by atoms with Gasteiger partial charge in [-0.2, -0.15) is 5.10 Å². The summed E-state index contributed by atoms with van der Waals surface area (Å²) in [4.78, 5) is 0. The lowest BCUT2D eigenvalue weighted by Crippen LogP contribution is -2.30. The van der Waals surface area contributed by atoms with Gasteiger partial charge in [-0.1, -0.05) is 39.7 Å². The highest BCUT2D eigenvalue weighted by atomic mass is 79.9. The van der Waals surface area contributed by atoms with Crippen molar-refractivity contribution in [2.24, 2.45) is 12.9 Å². The van der Waals surface area contributed by atoms with Gasteiger partial charge in [-0.05, 0) is 31.0 Å². The van der Waals surface area contributed by atoms with Crippen molar-refractivity contribution in [3.63, 3.8) is 0 Å². The normalized spacial score (nSPS) is 12.7. The van der Waals surface area contributed by atoms with Crippen LogP contribution in [0, 0.1) is 13.8 Å². The number of aryl methyl sites for hydroxylation is 2. The molecule has 1 aromatic carbocycles. The van der Waals surface area contributed by atoms with Crippen molar-refractivity contribution in [2.75, 3.05) is 0 Å². The molecule has 0 saturated heterocycles. The fraction of sp³-hybridized carbons (Fsp3) is 0.357. The highest BCUT2D eigenvalue weighted by molar-refractivity contribution is 9.10. The van der Waals surface area contributed by atoms with Gasteiger partial charge in [-0.3, -0.25) is 16.0 Å². The first-order valence-corrected chi connectivity index (χ1v) is 7.52. The number of nitrogens with zero attached hydrogens (tertiary/aromatic N) is 2. The highest BCUT2D eigenvalue weighted by Gasteiger charge is 2.19. The second-order valence-electron chi connectivity index (χ2n) is 4.85. The van der Waals surface area contributed by atoms with Gasteiger partial charge in [0.25, 0.3) is 0 Å². The Kier molecular flexibility index (Phi) is 4.86. The zero-order valence-corrected chi connectivity index (χ0v) is 14.1. The van der Waals surface area contributed by atoms with Gasteiger partial charge in [-0.25, -0.2) is 0 Å². The fourth-order valence-electron chi connectivity index (χ4n) is 2.36. The van der Waals surface area contributed by atoms with Crippen LogP contribution in [0.4, 0.5) is 0 Å². The molecule has 20 heavy (non-hydrogen) atoms. The molecule has 0 aliphatic carbocycles. The minimum absolute atomic E-state index is 0.0141. The van der Waals surface area contributed by atoms with E-state index in [1.807, 2.05) is 30.8 Å². The van der Waals surface area contributed by atoms with Crippen LogP contribution in [-0.4, -0.2) is 9.78 Å². The summed E-state index contributed by atoms with van der Waals surface area (Å²) in [6, 6.07) is 6.09. The maximum absolute atomic E-state index is 6.31. The van der Waals surface area contributed by atoms with Crippen LogP contribution in [0.2, 0.25) is 5.02 Å². The van der Waals surface area contributed by atoms with Gasteiger partial charge in [0, 0.05) is 17.9 Å². The molecule has 1 aromatic heterocycles. The highest BCUT2D eigenvalue weighted by Crippen LogP contribution is 2.29. The lowest BCUT2D eigenvalue weighted by atomic mass is 9.98. The van der Waals surface area contributed by atoms with E-state index in [0.29, 0.717) is 11.4 Å². The molecule has 1 heterocycles. The molecule has 6 heteroatoms. The van der Waals surface area contributed by atoms with Gasteiger partial charge in [0.2, 0.25) is 0 Å². The zero-order chi connectivity index (χ0) is 14.9. The predicted octanol–water partition coefficient (Wildman–Crippen LogP) is 3.20. The number of hydrogen-bond donors (Lipinski definition) is 2. The first-order chi connectivity index (χ1) is 9.45. The smallest absolute Gasteiger partial charge is 0.0847 e. The Bertz CT molecular complexity index is 624. The Balaban J connectivity index is 2.36. The Labute approximate surface area is 132 Å². The molecule has 4 nitrogen and oxygen atoms in total. The second-order valence-corrected chi connectivity index (χ2v) is 6.08. The maximum Gasteiger partial charge on any atom is 0.0847 e. The van der Waals surface area contributed by atoms with Crippen LogP contribution in [0.5, 0.6) is 0 Å². The summed E-state index contributed by atoms with van der Waals surface area (Å²) in [6.07, 6.45) is 0.684. The van der Waals surface area contributed by atoms with Crippen LogP contribution in [0.1, 0.15) is 28.6 Å². The first kappa shape index (κ1) is 15.5. The number of aromatic nitrogens is 2. The summed E-state index contributed by atoms with van der Waals surface area (Å²) in [5, 5.41) is 5.05. The third kappa shape index (κ3) is 2.91. The minimum atomic E-state index is -0.0141. The van der Waals surface area contributed by atoms with Gasteiger partial charge in [0.15, 0.2) is 0 Å². The molecule has 0 fully saturated rings. The molecular formula is C14H18BrClN4. The molecule has 0 bridgehead atoms. The Morgan fingerprint density at radius 3 is 2.70 bits per heavy atom. The van der Waals surface area contributed by atoms with Crippen LogP contribution >= 0.6 is 27.5 Å². The zero-order valence-electron chi connectivity index (χ0n) is 11.7. The lowest BCUT2D eigenvalue weighted by Gasteiger charge is -2.19. The van der Waals surface area contributed by atoms with E-state index in [9.17, 15) is 0 Å². The van der Waals surface area contributed by atoms with E-state index in [1.54, 1.807) is 0 Å². The summed E-state index contributed by atoms with van der Waals surface area (Å²) >= 11 is 9.86.